The number of hydrogen-bond donors (Lipinski definition) is 2. The van der Waals surface area contributed by atoms with Crippen molar-refractivity contribution >= 4 is 5.91 Å². The third-order valence-corrected chi connectivity index (χ3v) is 2.86. The molecule has 2 atom stereocenters. The smallest absolute Gasteiger partial charge is 0.239 e. The predicted octanol–water partition coefficient (Wildman–Crippen LogP) is 1.42. The number of rotatable bonds is 9. The molecule has 0 aliphatic carbocycles. The zero-order valence-corrected chi connectivity index (χ0v) is 10.8. The first-order valence-corrected chi connectivity index (χ1v) is 6.10. The molecule has 0 radical (unpaired) electrons. The maximum absolute atomic E-state index is 11.0. The molecule has 0 rings (SSSR count). The third kappa shape index (κ3) is 6.08. The molecule has 0 aromatic heterocycles. The molecule has 1 amide bonds. The van der Waals surface area contributed by atoms with Crippen molar-refractivity contribution < 1.29 is 9.53 Å². The summed E-state index contributed by atoms with van der Waals surface area (Å²) in [6, 6.07) is 0. The van der Waals surface area contributed by atoms with Gasteiger partial charge in [0.15, 0.2) is 0 Å². The van der Waals surface area contributed by atoms with Crippen LogP contribution in [0.25, 0.3) is 0 Å². The molecule has 0 saturated heterocycles. The summed E-state index contributed by atoms with van der Waals surface area (Å²) in [6.07, 6.45) is 4.69. The molecule has 0 aliphatic rings. The average molecular weight is 230 g/mol. The van der Waals surface area contributed by atoms with Gasteiger partial charge in [-0.2, -0.15) is 0 Å². The number of nitrogens with two attached hydrogens (primary N) is 2. The first kappa shape index (κ1) is 15.4. The fourth-order valence-electron chi connectivity index (χ4n) is 1.41. The highest BCUT2D eigenvalue weighted by Crippen LogP contribution is 2.13. The van der Waals surface area contributed by atoms with Gasteiger partial charge in [-0.25, -0.2) is 0 Å². The van der Waals surface area contributed by atoms with Gasteiger partial charge in [-0.15, -0.1) is 0 Å². The van der Waals surface area contributed by atoms with Crippen molar-refractivity contribution in [3.63, 3.8) is 0 Å². The van der Waals surface area contributed by atoms with Crippen LogP contribution >= 0.6 is 0 Å². The second-order valence-corrected chi connectivity index (χ2v) is 4.71. The second-order valence-electron chi connectivity index (χ2n) is 4.71. The SMILES string of the molecule is CCCCC(CC)COCC(C)(N)C(N)=O. The molecule has 0 saturated carbocycles. The molecule has 0 aliphatic heterocycles. The Labute approximate surface area is 98.7 Å². The summed E-state index contributed by atoms with van der Waals surface area (Å²) in [5.41, 5.74) is 9.79. The summed E-state index contributed by atoms with van der Waals surface area (Å²) in [5, 5.41) is 0. The normalized spacial score (nSPS) is 16.8. The predicted molar refractivity (Wildman–Crippen MR) is 65.9 cm³/mol. The van der Waals surface area contributed by atoms with E-state index in [4.69, 9.17) is 16.2 Å². The van der Waals surface area contributed by atoms with Crippen molar-refractivity contribution in [2.75, 3.05) is 13.2 Å². The maximum atomic E-state index is 11.0. The highest BCUT2D eigenvalue weighted by atomic mass is 16.5. The van der Waals surface area contributed by atoms with Crippen LogP contribution in [0, 0.1) is 5.92 Å². The highest BCUT2D eigenvalue weighted by Gasteiger charge is 2.26. The van der Waals surface area contributed by atoms with Crippen molar-refractivity contribution in [3.8, 4) is 0 Å². The van der Waals surface area contributed by atoms with Gasteiger partial charge >= 0.3 is 0 Å². The number of hydrogen-bond acceptors (Lipinski definition) is 3. The van der Waals surface area contributed by atoms with Crippen LogP contribution in [0.5, 0.6) is 0 Å². The van der Waals surface area contributed by atoms with E-state index in [1.54, 1.807) is 6.92 Å². The van der Waals surface area contributed by atoms with Gasteiger partial charge in [-0.05, 0) is 19.3 Å². The average Bonchev–Trinajstić information content (AvgIpc) is 2.22. The van der Waals surface area contributed by atoms with E-state index in [1.165, 1.54) is 19.3 Å². The Kier molecular flexibility index (Phi) is 7.34. The van der Waals surface area contributed by atoms with Crippen LogP contribution in [-0.2, 0) is 9.53 Å². The topological polar surface area (TPSA) is 78.3 Å². The fraction of sp³-hybridized carbons (Fsp3) is 0.917. The minimum atomic E-state index is -1.05. The summed E-state index contributed by atoms with van der Waals surface area (Å²) in [6.45, 7) is 6.79. The number of ether oxygens (including phenoxy) is 1. The van der Waals surface area contributed by atoms with Gasteiger partial charge in [0.25, 0.3) is 0 Å². The number of unbranched alkanes of at least 4 members (excludes halogenated alkanes) is 1. The van der Waals surface area contributed by atoms with Crippen LogP contribution in [0.4, 0.5) is 0 Å². The fourth-order valence-corrected chi connectivity index (χ4v) is 1.41. The highest BCUT2D eigenvalue weighted by molar-refractivity contribution is 5.83. The molecule has 4 heteroatoms. The van der Waals surface area contributed by atoms with Crippen LogP contribution in [0.2, 0.25) is 0 Å². The molecule has 16 heavy (non-hydrogen) atoms. The summed E-state index contributed by atoms with van der Waals surface area (Å²) in [7, 11) is 0. The molecule has 4 nitrogen and oxygen atoms in total. The van der Waals surface area contributed by atoms with Crippen LogP contribution < -0.4 is 11.5 Å². The van der Waals surface area contributed by atoms with Crippen LogP contribution in [0.15, 0.2) is 0 Å². The molecule has 96 valence electrons. The standard InChI is InChI=1S/C12H26N2O2/c1-4-6-7-10(5-2)8-16-9-12(3,14)11(13)15/h10H,4-9,14H2,1-3H3,(H2,13,15). The quantitative estimate of drug-likeness (QED) is 0.629. The van der Waals surface area contributed by atoms with Gasteiger partial charge < -0.3 is 16.2 Å². The molecule has 0 spiro atoms. The van der Waals surface area contributed by atoms with Gasteiger partial charge in [-0.1, -0.05) is 33.1 Å². The Bertz CT molecular complexity index is 205. The Hall–Kier alpha value is -0.610. The lowest BCUT2D eigenvalue weighted by atomic mass is 10.0. The van der Waals surface area contributed by atoms with Gasteiger partial charge in [0.1, 0.15) is 5.54 Å². The summed E-state index contributed by atoms with van der Waals surface area (Å²) < 4.78 is 5.48. The Morgan fingerprint density at radius 1 is 1.44 bits per heavy atom. The van der Waals surface area contributed by atoms with Crippen molar-refractivity contribution in [2.45, 2.75) is 52.0 Å². The van der Waals surface area contributed by atoms with Gasteiger partial charge in [-0.3, -0.25) is 4.79 Å². The van der Waals surface area contributed by atoms with Crippen LogP contribution in [0.1, 0.15) is 46.5 Å². The minimum Gasteiger partial charge on any atom is -0.379 e. The summed E-state index contributed by atoms with van der Waals surface area (Å²) in [4.78, 5) is 11.0. The monoisotopic (exact) mass is 230 g/mol. The number of carbonyl (C=O) groups excluding carboxylic acids is 1. The molecule has 4 N–H and O–H groups in total. The molecule has 0 aromatic rings. The van der Waals surface area contributed by atoms with Crippen molar-refractivity contribution in [1.82, 2.24) is 0 Å². The molecular formula is C12H26N2O2. The van der Waals surface area contributed by atoms with Gasteiger partial charge in [0.05, 0.1) is 6.61 Å². The van der Waals surface area contributed by atoms with Crippen molar-refractivity contribution in [3.05, 3.63) is 0 Å². The molecule has 2 unspecified atom stereocenters. The Balaban J connectivity index is 3.81. The Morgan fingerprint density at radius 3 is 2.50 bits per heavy atom. The first-order valence-electron chi connectivity index (χ1n) is 6.10. The van der Waals surface area contributed by atoms with E-state index < -0.39 is 11.4 Å². The second kappa shape index (κ2) is 7.63. The maximum Gasteiger partial charge on any atom is 0.239 e. The minimum absolute atomic E-state index is 0.199. The van der Waals surface area contributed by atoms with Crippen molar-refractivity contribution in [1.29, 1.82) is 0 Å². The Morgan fingerprint density at radius 2 is 2.06 bits per heavy atom. The summed E-state index contributed by atoms with van der Waals surface area (Å²) >= 11 is 0. The third-order valence-electron chi connectivity index (χ3n) is 2.86. The molecule has 0 aromatic carbocycles. The van der Waals surface area contributed by atoms with Crippen molar-refractivity contribution in [2.24, 2.45) is 17.4 Å². The molecule has 0 fully saturated rings. The van der Waals surface area contributed by atoms with E-state index in [2.05, 4.69) is 13.8 Å². The van der Waals surface area contributed by atoms with Crippen LogP contribution in [0.3, 0.4) is 0 Å². The molecule has 0 heterocycles. The van der Waals surface area contributed by atoms with Crippen LogP contribution in [-0.4, -0.2) is 24.7 Å². The number of primary amides is 1. The first-order chi connectivity index (χ1) is 7.44. The zero-order valence-electron chi connectivity index (χ0n) is 10.8. The number of carbonyl (C=O) groups is 1. The van der Waals surface area contributed by atoms with Gasteiger partial charge in [0, 0.05) is 6.61 Å². The lowest BCUT2D eigenvalue weighted by Gasteiger charge is -2.22. The zero-order chi connectivity index (χ0) is 12.6. The largest absolute Gasteiger partial charge is 0.379 e. The van der Waals surface area contributed by atoms with E-state index >= 15 is 0 Å². The van der Waals surface area contributed by atoms with E-state index in [0.717, 1.165) is 6.42 Å². The van der Waals surface area contributed by atoms with E-state index in [-0.39, 0.29) is 6.61 Å². The lowest BCUT2D eigenvalue weighted by Crippen LogP contribution is -2.53. The van der Waals surface area contributed by atoms with E-state index in [0.29, 0.717) is 12.5 Å². The molecule has 0 bridgehead atoms. The van der Waals surface area contributed by atoms with Gasteiger partial charge in [0.2, 0.25) is 5.91 Å². The van der Waals surface area contributed by atoms with E-state index in [9.17, 15) is 4.79 Å². The number of amides is 1. The molecular weight excluding hydrogens is 204 g/mol. The lowest BCUT2D eigenvalue weighted by molar-refractivity contribution is -0.124. The summed E-state index contributed by atoms with van der Waals surface area (Å²) in [5.74, 6) is 0.0396. The van der Waals surface area contributed by atoms with E-state index in [1.807, 2.05) is 0 Å².